The van der Waals surface area contributed by atoms with Crippen LogP contribution < -0.4 is 5.32 Å². The summed E-state index contributed by atoms with van der Waals surface area (Å²) < 4.78 is 27.4. The van der Waals surface area contributed by atoms with E-state index in [1.165, 1.54) is 24.4 Å². The van der Waals surface area contributed by atoms with Gasteiger partial charge in [-0.05, 0) is 31.5 Å². The highest BCUT2D eigenvalue weighted by molar-refractivity contribution is 5.60. The van der Waals surface area contributed by atoms with Gasteiger partial charge in [0.1, 0.15) is 17.5 Å². The highest BCUT2D eigenvalue weighted by atomic mass is 19.1. The van der Waals surface area contributed by atoms with Crippen LogP contribution in [0.15, 0.2) is 24.4 Å². The van der Waals surface area contributed by atoms with E-state index in [1.54, 1.807) is 0 Å². The molecule has 0 saturated carbocycles. The van der Waals surface area contributed by atoms with E-state index in [9.17, 15) is 8.78 Å². The highest BCUT2D eigenvalue weighted by Crippen LogP contribution is 2.27. The Morgan fingerprint density at radius 2 is 1.95 bits per heavy atom. The Morgan fingerprint density at radius 1 is 1.16 bits per heavy atom. The summed E-state index contributed by atoms with van der Waals surface area (Å²) in [6.45, 7) is 0.953. The van der Waals surface area contributed by atoms with Crippen molar-refractivity contribution in [1.29, 1.82) is 0 Å². The second-order valence-electron chi connectivity index (χ2n) is 4.78. The number of halogens is 2. The molecular weight excluding hydrogens is 248 g/mol. The van der Waals surface area contributed by atoms with Crippen molar-refractivity contribution in [3.8, 4) is 11.3 Å². The van der Waals surface area contributed by atoms with Crippen molar-refractivity contribution in [1.82, 2.24) is 15.3 Å². The molecule has 0 bridgehead atoms. The minimum atomic E-state index is -0.577. The minimum absolute atomic E-state index is 0.0444. The van der Waals surface area contributed by atoms with Crippen molar-refractivity contribution in [3.05, 3.63) is 41.9 Å². The smallest absolute Gasteiger partial charge is 0.135 e. The standard InChI is InChI=1S/C14H15F2N3/c15-9-4-3-5-10(16)13(9)12-8-18-14(19-12)11-6-1-2-7-17-11/h3-5,8,11,17H,1-2,6-7H2,(H,18,19). The van der Waals surface area contributed by atoms with Gasteiger partial charge in [0.05, 0.1) is 23.5 Å². The van der Waals surface area contributed by atoms with Gasteiger partial charge in [-0.3, -0.25) is 0 Å². The maximum absolute atomic E-state index is 13.7. The van der Waals surface area contributed by atoms with E-state index in [1.807, 2.05) is 0 Å². The first-order valence-electron chi connectivity index (χ1n) is 6.48. The molecule has 1 atom stereocenters. The van der Waals surface area contributed by atoms with Gasteiger partial charge in [0.15, 0.2) is 0 Å². The number of piperidine rings is 1. The molecule has 0 aliphatic carbocycles. The SMILES string of the molecule is Fc1cccc(F)c1-c1cnc(C2CCCCN2)[nH]1. The summed E-state index contributed by atoms with van der Waals surface area (Å²) in [5.41, 5.74) is 0.343. The molecule has 1 aromatic carbocycles. The molecule has 3 nitrogen and oxygen atoms in total. The van der Waals surface area contributed by atoms with Crippen LogP contribution in [0.4, 0.5) is 8.78 Å². The molecule has 5 heteroatoms. The van der Waals surface area contributed by atoms with Gasteiger partial charge < -0.3 is 10.3 Å². The fraction of sp³-hybridized carbons (Fsp3) is 0.357. The highest BCUT2D eigenvalue weighted by Gasteiger charge is 2.19. The van der Waals surface area contributed by atoms with Crippen LogP contribution in [0.3, 0.4) is 0 Å². The first-order chi connectivity index (χ1) is 9.25. The molecular formula is C14H15F2N3. The van der Waals surface area contributed by atoms with E-state index >= 15 is 0 Å². The average molecular weight is 263 g/mol. The summed E-state index contributed by atoms with van der Waals surface area (Å²) in [5.74, 6) is -0.407. The second kappa shape index (κ2) is 5.09. The van der Waals surface area contributed by atoms with Crippen LogP contribution >= 0.6 is 0 Å². The lowest BCUT2D eigenvalue weighted by molar-refractivity contribution is 0.399. The average Bonchev–Trinajstić information content (AvgIpc) is 2.89. The molecule has 1 aliphatic rings. The van der Waals surface area contributed by atoms with Crippen molar-refractivity contribution in [2.24, 2.45) is 0 Å². The maximum Gasteiger partial charge on any atom is 0.135 e. The number of aromatic amines is 1. The third kappa shape index (κ3) is 2.38. The first kappa shape index (κ1) is 12.3. The van der Waals surface area contributed by atoms with Crippen LogP contribution in [0.25, 0.3) is 11.3 Å². The lowest BCUT2D eigenvalue weighted by Gasteiger charge is -2.21. The molecule has 19 heavy (non-hydrogen) atoms. The Bertz CT molecular complexity index is 554. The topological polar surface area (TPSA) is 40.7 Å². The molecule has 0 spiro atoms. The summed E-state index contributed by atoms with van der Waals surface area (Å²) in [5, 5.41) is 3.35. The summed E-state index contributed by atoms with van der Waals surface area (Å²) in [6.07, 6.45) is 4.79. The molecule has 100 valence electrons. The Morgan fingerprint density at radius 3 is 2.63 bits per heavy atom. The molecule has 0 radical (unpaired) electrons. The molecule has 1 aromatic heterocycles. The Labute approximate surface area is 110 Å². The van der Waals surface area contributed by atoms with E-state index in [0.717, 1.165) is 31.6 Å². The number of rotatable bonds is 2. The Hall–Kier alpha value is -1.75. The fourth-order valence-electron chi connectivity index (χ4n) is 2.48. The van der Waals surface area contributed by atoms with Crippen LogP contribution in [0.2, 0.25) is 0 Å². The van der Waals surface area contributed by atoms with E-state index in [-0.39, 0.29) is 11.6 Å². The van der Waals surface area contributed by atoms with Gasteiger partial charge in [-0.25, -0.2) is 13.8 Å². The molecule has 0 amide bonds. The van der Waals surface area contributed by atoms with Gasteiger partial charge in [-0.1, -0.05) is 12.5 Å². The first-order valence-corrected chi connectivity index (χ1v) is 6.48. The summed E-state index contributed by atoms with van der Waals surface area (Å²) >= 11 is 0. The van der Waals surface area contributed by atoms with Gasteiger partial charge in [-0.2, -0.15) is 0 Å². The molecule has 2 heterocycles. The van der Waals surface area contributed by atoms with Crippen molar-refractivity contribution in [2.75, 3.05) is 6.54 Å². The zero-order valence-corrected chi connectivity index (χ0v) is 10.4. The molecule has 1 unspecified atom stereocenters. The predicted molar refractivity (Wildman–Crippen MR) is 68.5 cm³/mol. The molecule has 1 saturated heterocycles. The second-order valence-corrected chi connectivity index (χ2v) is 4.78. The number of imidazole rings is 1. The number of benzene rings is 1. The monoisotopic (exact) mass is 263 g/mol. The lowest BCUT2D eigenvalue weighted by Crippen LogP contribution is -2.27. The summed E-state index contributed by atoms with van der Waals surface area (Å²) in [4.78, 5) is 7.27. The summed E-state index contributed by atoms with van der Waals surface area (Å²) in [6, 6.07) is 4.00. The van der Waals surface area contributed by atoms with Crippen molar-refractivity contribution in [3.63, 3.8) is 0 Å². The predicted octanol–water partition coefficient (Wildman–Crippen LogP) is 3.17. The van der Waals surface area contributed by atoms with E-state index in [2.05, 4.69) is 15.3 Å². The van der Waals surface area contributed by atoms with Crippen molar-refractivity contribution < 1.29 is 8.78 Å². The number of hydrogen-bond donors (Lipinski definition) is 2. The largest absolute Gasteiger partial charge is 0.341 e. The van der Waals surface area contributed by atoms with Gasteiger partial charge in [0.25, 0.3) is 0 Å². The van der Waals surface area contributed by atoms with Crippen LogP contribution in [0.1, 0.15) is 31.1 Å². The molecule has 2 N–H and O–H groups in total. The quantitative estimate of drug-likeness (QED) is 0.873. The number of nitrogens with zero attached hydrogens (tertiary/aromatic N) is 1. The summed E-state index contributed by atoms with van der Waals surface area (Å²) in [7, 11) is 0. The fourth-order valence-corrected chi connectivity index (χ4v) is 2.48. The zero-order valence-electron chi connectivity index (χ0n) is 10.4. The normalized spacial score (nSPS) is 19.6. The molecule has 3 rings (SSSR count). The van der Waals surface area contributed by atoms with Gasteiger partial charge >= 0.3 is 0 Å². The number of hydrogen-bond acceptors (Lipinski definition) is 2. The Kier molecular flexibility index (Phi) is 3.29. The molecule has 2 aromatic rings. The van der Waals surface area contributed by atoms with Crippen LogP contribution in [-0.2, 0) is 0 Å². The lowest BCUT2D eigenvalue weighted by atomic mass is 10.0. The third-order valence-corrected chi connectivity index (χ3v) is 3.47. The number of nitrogens with one attached hydrogen (secondary N) is 2. The molecule has 1 fully saturated rings. The molecule has 1 aliphatic heterocycles. The van der Waals surface area contributed by atoms with Crippen LogP contribution in [0.5, 0.6) is 0 Å². The van der Waals surface area contributed by atoms with E-state index in [0.29, 0.717) is 5.69 Å². The van der Waals surface area contributed by atoms with E-state index in [4.69, 9.17) is 0 Å². The van der Waals surface area contributed by atoms with Crippen LogP contribution in [-0.4, -0.2) is 16.5 Å². The van der Waals surface area contributed by atoms with E-state index < -0.39 is 11.6 Å². The van der Waals surface area contributed by atoms with Gasteiger partial charge in [-0.15, -0.1) is 0 Å². The van der Waals surface area contributed by atoms with Gasteiger partial charge in [0.2, 0.25) is 0 Å². The van der Waals surface area contributed by atoms with Gasteiger partial charge in [0, 0.05) is 0 Å². The maximum atomic E-state index is 13.7. The van der Waals surface area contributed by atoms with Crippen LogP contribution in [0, 0.1) is 11.6 Å². The minimum Gasteiger partial charge on any atom is -0.341 e. The number of H-pyrrole nitrogens is 1. The Balaban J connectivity index is 1.92. The third-order valence-electron chi connectivity index (χ3n) is 3.47. The van der Waals surface area contributed by atoms with Crippen molar-refractivity contribution >= 4 is 0 Å². The number of aromatic nitrogens is 2. The zero-order chi connectivity index (χ0) is 13.2. The van der Waals surface area contributed by atoms with Crippen molar-refractivity contribution in [2.45, 2.75) is 25.3 Å².